The van der Waals surface area contributed by atoms with E-state index >= 15 is 0 Å². The molecule has 1 aliphatic heterocycles. The van der Waals surface area contributed by atoms with Crippen molar-refractivity contribution >= 4 is 28.6 Å². The summed E-state index contributed by atoms with van der Waals surface area (Å²) in [6, 6.07) is 34.3. The van der Waals surface area contributed by atoms with Gasteiger partial charge in [-0.3, -0.25) is 4.98 Å². The summed E-state index contributed by atoms with van der Waals surface area (Å²) in [4.78, 5) is 5.89. The molecule has 7 rings (SSSR count). The zero-order valence-corrected chi connectivity index (χ0v) is 19.7. The van der Waals surface area contributed by atoms with Crippen LogP contribution in [0.1, 0.15) is 28.2 Å². The van der Waals surface area contributed by atoms with Crippen LogP contribution in [-0.2, 0) is 0 Å². The van der Waals surface area contributed by atoms with Gasteiger partial charge in [0.15, 0.2) is 0 Å². The molecule has 2 unspecified atom stereocenters. The first-order valence-electron chi connectivity index (χ1n) is 11.8. The van der Waals surface area contributed by atoms with Crippen LogP contribution in [0.25, 0.3) is 39.2 Å². The topological polar surface area (TPSA) is 36.7 Å². The van der Waals surface area contributed by atoms with E-state index in [1.807, 2.05) is 17.8 Å². The van der Waals surface area contributed by atoms with Crippen molar-refractivity contribution < 1.29 is 0 Å². The molecule has 2 aliphatic rings. The van der Waals surface area contributed by atoms with Gasteiger partial charge in [0.1, 0.15) is 0 Å². The molecule has 1 aromatic heterocycles. The molecule has 2 atom stereocenters. The Kier molecular flexibility index (Phi) is 4.62. The Bertz CT molecular complexity index is 1710. The highest BCUT2D eigenvalue weighted by Crippen LogP contribution is 2.55. The number of thioether (sulfide) groups is 1. The number of pyridine rings is 1. The number of hydrogen-bond acceptors (Lipinski definition) is 3. The Morgan fingerprint density at radius 3 is 2.54 bits per heavy atom. The molecule has 0 saturated carbocycles. The first-order valence-corrected chi connectivity index (χ1v) is 12.6. The average molecular weight is 465 g/mol. The van der Waals surface area contributed by atoms with Gasteiger partial charge in [-0.2, -0.15) is 5.26 Å². The number of nitrogens with zero attached hydrogens (tertiary/aromatic N) is 2. The second kappa shape index (κ2) is 7.98. The fourth-order valence-corrected chi connectivity index (χ4v) is 6.96. The standard InChI is InChI=1S/C32H20N2S/c33-19-20-14-15-34-28(16-20)23-8-5-7-22(17-23)27-18-30-32(26-11-4-3-10-25(26)27)31-24-9-2-1-6-21(24)12-13-29(31)35-30/h1-18,29,31H. The molecule has 0 spiro atoms. The SMILES string of the molecule is N#Cc1ccnc(-c2cccc(-c3cc4c(c5ccccc35)C3c5ccccc5C=CC3S4)c2)c1. The van der Waals surface area contributed by atoms with Crippen LogP contribution in [0.2, 0.25) is 0 Å². The van der Waals surface area contributed by atoms with E-state index in [2.05, 4.69) is 102 Å². The largest absolute Gasteiger partial charge is 0.256 e. The number of aromatic nitrogens is 1. The maximum absolute atomic E-state index is 9.31. The van der Waals surface area contributed by atoms with Gasteiger partial charge in [-0.1, -0.05) is 78.9 Å². The maximum Gasteiger partial charge on any atom is 0.0992 e. The quantitative estimate of drug-likeness (QED) is 0.265. The Morgan fingerprint density at radius 1 is 0.800 bits per heavy atom. The zero-order chi connectivity index (χ0) is 23.4. The molecule has 0 amide bonds. The van der Waals surface area contributed by atoms with Gasteiger partial charge >= 0.3 is 0 Å². The zero-order valence-electron chi connectivity index (χ0n) is 18.8. The molecule has 0 N–H and O–H groups in total. The summed E-state index contributed by atoms with van der Waals surface area (Å²) in [5, 5.41) is 12.3. The van der Waals surface area contributed by atoms with Gasteiger partial charge in [-0.25, -0.2) is 0 Å². The van der Waals surface area contributed by atoms with E-state index < -0.39 is 0 Å². The molecule has 0 radical (unpaired) electrons. The second-order valence-corrected chi connectivity index (χ2v) is 10.3. The Hall–Kier alpha value is -4.13. The van der Waals surface area contributed by atoms with E-state index in [4.69, 9.17) is 0 Å². The van der Waals surface area contributed by atoms with Gasteiger partial charge in [0, 0.05) is 27.8 Å². The summed E-state index contributed by atoms with van der Waals surface area (Å²) in [5.41, 5.74) is 9.06. The summed E-state index contributed by atoms with van der Waals surface area (Å²) < 4.78 is 0. The van der Waals surface area contributed by atoms with Crippen molar-refractivity contribution in [1.82, 2.24) is 4.98 Å². The summed E-state index contributed by atoms with van der Waals surface area (Å²) in [7, 11) is 0. The molecule has 164 valence electrons. The van der Waals surface area contributed by atoms with E-state index in [-0.39, 0.29) is 0 Å². The first-order chi connectivity index (χ1) is 17.3. The molecular formula is C32H20N2S. The van der Waals surface area contributed by atoms with E-state index in [1.54, 1.807) is 12.3 Å². The highest BCUT2D eigenvalue weighted by Gasteiger charge is 2.37. The molecule has 2 nitrogen and oxygen atoms in total. The molecule has 2 heterocycles. The van der Waals surface area contributed by atoms with Crippen LogP contribution < -0.4 is 0 Å². The molecule has 1 aliphatic carbocycles. The minimum atomic E-state index is 0.374. The number of benzene rings is 4. The summed E-state index contributed by atoms with van der Waals surface area (Å²) in [5.74, 6) is 0.374. The van der Waals surface area contributed by atoms with Gasteiger partial charge in [-0.15, -0.1) is 11.8 Å². The van der Waals surface area contributed by atoms with Crippen molar-refractivity contribution in [3.8, 4) is 28.5 Å². The summed E-state index contributed by atoms with van der Waals surface area (Å²) in [6.45, 7) is 0. The lowest BCUT2D eigenvalue weighted by atomic mass is 9.79. The Balaban J connectivity index is 1.42. The number of nitriles is 1. The smallest absolute Gasteiger partial charge is 0.0992 e. The molecule has 0 bridgehead atoms. The lowest BCUT2D eigenvalue weighted by molar-refractivity contribution is 0.853. The second-order valence-electron chi connectivity index (χ2n) is 9.05. The first kappa shape index (κ1) is 20.3. The fourth-order valence-electron chi connectivity index (χ4n) is 5.54. The molecule has 35 heavy (non-hydrogen) atoms. The summed E-state index contributed by atoms with van der Waals surface area (Å²) >= 11 is 1.98. The van der Waals surface area contributed by atoms with Gasteiger partial charge in [0.2, 0.25) is 0 Å². The van der Waals surface area contributed by atoms with Crippen LogP contribution in [0.5, 0.6) is 0 Å². The molecule has 5 aromatic rings. The number of rotatable bonds is 2. The van der Waals surface area contributed by atoms with E-state index in [9.17, 15) is 5.26 Å². The highest BCUT2D eigenvalue weighted by atomic mass is 32.2. The van der Waals surface area contributed by atoms with Gasteiger partial charge in [-0.05, 0) is 62.9 Å². The maximum atomic E-state index is 9.31. The van der Waals surface area contributed by atoms with Crippen LogP contribution in [-0.4, -0.2) is 10.2 Å². The molecule has 3 heteroatoms. The third-order valence-corrected chi connectivity index (χ3v) is 8.40. The van der Waals surface area contributed by atoms with Crippen molar-refractivity contribution in [2.45, 2.75) is 16.1 Å². The van der Waals surface area contributed by atoms with Crippen molar-refractivity contribution in [3.05, 3.63) is 126 Å². The third-order valence-electron chi connectivity index (χ3n) is 7.11. The highest BCUT2D eigenvalue weighted by molar-refractivity contribution is 8.00. The minimum absolute atomic E-state index is 0.374. The van der Waals surface area contributed by atoms with E-state index in [0.29, 0.717) is 16.7 Å². The minimum Gasteiger partial charge on any atom is -0.256 e. The molecular weight excluding hydrogens is 444 g/mol. The summed E-state index contributed by atoms with van der Waals surface area (Å²) in [6.07, 6.45) is 6.36. The average Bonchev–Trinajstić information content (AvgIpc) is 3.32. The predicted octanol–water partition coefficient (Wildman–Crippen LogP) is 8.07. The van der Waals surface area contributed by atoms with Gasteiger partial charge in [0.05, 0.1) is 17.3 Å². The number of fused-ring (bicyclic) bond motifs is 7. The molecule has 4 aromatic carbocycles. The van der Waals surface area contributed by atoms with Crippen molar-refractivity contribution in [2.75, 3.05) is 0 Å². The predicted molar refractivity (Wildman–Crippen MR) is 144 cm³/mol. The molecule has 0 saturated heterocycles. The van der Waals surface area contributed by atoms with Crippen LogP contribution in [0.4, 0.5) is 0 Å². The van der Waals surface area contributed by atoms with E-state index in [1.165, 1.54) is 37.9 Å². The van der Waals surface area contributed by atoms with Gasteiger partial charge in [0.25, 0.3) is 0 Å². The van der Waals surface area contributed by atoms with Gasteiger partial charge < -0.3 is 0 Å². The lowest BCUT2D eigenvalue weighted by Gasteiger charge is -2.24. The molecule has 0 fully saturated rings. The van der Waals surface area contributed by atoms with E-state index in [0.717, 1.165) is 16.8 Å². The van der Waals surface area contributed by atoms with Crippen molar-refractivity contribution in [3.63, 3.8) is 0 Å². The Morgan fingerprint density at radius 2 is 1.63 bits per heavy atom. The lowest BCUT2D eigenvalue weighted by Crippen LogP contribution is -2.14. The normalized spacial score (nSPS) is 17.5. The Labute approximate surface area is 208 Å². The van der Waals surface area contributed by atoms with Crippen LogP contribution >= 0.6 is 11.8 Å². The monoisotopic (exact) mass is 464 g/mol. The number of hydrogen-bond donors (Lipinski definition) is 0. The van der Waals surface area contributed by atoms with Crippen molar-refractivity contribution in [2.24, 2.45) is 0 Å². The fraction of sp³-hybridized carbons (Fsp3) is 0.0625. The van der Waals surface area contributed by atoms with Crippen LogP contribution in [0, 0.1) is 11.3 Å². The van der Waals surface area contributed by atoms with Crippen LogP contribution in [0.15, 0.2) is 108 Å². The third kappa shape index (κ3) is 3.22. The van der Waals surface area contributed by atoms with Crippen molar-refractivity contribution in [1.29, 1.82) is 5.26 Å². The van der Waals surface area contributed by atoms with Crippen LogP contribution in [0.3, 0.4) is 0 Å².